The average Bonchev–Trinajstić information content (AvgIpc) is 3.09. The minimum atomic E-state index is 0.632. The van der Waals surface area contributed by atoms with Crippen molar-refractivity contribution in [2.45, 2.75) is 25.3 Å². The molecule has 1 aromatic rings. The van der Waals surface area contributed by atoms with Crippen LogP contribution in [-0.4, -0.2) is 53.5 Å². The Hall–Kier alpha value is -0.720. The zero-order valence-corrected chi connectivity index (χ0v) is 11.3. The topological polar surface area (TPSA) is 46.1 Å². The van der Waals surface area contributed by atoms with Crippen molar-refractivity contribution in [2.75, 3.05) is 33.9 Å². The first-order valence-corrected chi connectivity index (χ1v) is 6.45. The monoisotopic (exact) mass is 256 g/mol. The first-order chi connectivity index (χ1) is 8.22. The molecule has 1 saturated carbocycles. The van der Waals surface area contributed by atoms with Crippen LogP contribution in [0.25, 0.3) is 0 Å². The summed E-state index contributed by atoms with van der Waals surface area (Å²) in [5.74, 6) is 1.77. The SMILES string of the molecule is COCCN(C)CCn1c(C2CC2)n[nH]c1=S. The molecule has 1 fully saturated rings. The first-order valence-electron chi connectivity index (χ1n) is 6.05. The van der Waals surface area contributed by atoms with E-state index in [0.29, 0.717) is 5.92 Å². The fourth-order valence-corrected chi connectivity index (χ4v) is 2.06. The molecular weight excluding hydrogens is 236 g/mol. The Morgan fingerprint density at radius 3 is 2.94 bits per heavy atom. The van der Waals surface area contributed by atoms with E-state index in [0.717, 1.165) is 36.8 Å². The largest absolute Gasteiger partial charge is 0.383 e. The molecule has 96 valence electrons. The summed E-state index contributed by atoms with van der Waals surface area (Å²) in [5, 5.41) is 7.22. The van der Waals surface area contributed by atoms with Gasteiger partial charge in [0, 0.05) is 32.7 Å². The predicted molar refractivity (Wildman–Crippen MR) is 68.8 cm³/mol. The molecule has 1 aliphatic carbocycles. The maximum atomic E-state index is 5.26. The summed E-state index contributed by atoms with van der Waals surface area (Å²) in [6.45, 7) is 3.58. The molecule has 6 heteroatoms. The van der Waals surface area contributed by atoms with Crippen molar-refractivity contribution in [3.63, 3.8) is 0 Å². The molecule has 0 spiro atoms. The third-order valence-electron chi connectivity index (χ3n) is 3.11. The van der Waals surface area contributed by atoms with Gasteiger partial charge in [0.15, 0.2) is 4.77 Å². The minimum Gasteiger partial charge on any atom is -0.383 e. The third-order valence-corrected chi connectivity index (χ3v) is 3.42. The van der Waals surface area contributed by atoms with Crippen molar-refractivity contribution in [1.82, 2.24) is 19.7 Å². The zero-order valence-electron chi connectivity index (χ0n) is 10.5. The maximum absolute atomic E-state index is 5.26. The van der Waals surface area contributed by atoms with Crippen molar-refractivity contribution >= 4 is 12.2 Å². The van der Waals surface area contributed by atoms with Crippen LogP contribution in [-0.2, 0) is 11.3 Å². The smallest absolute Gasteiger partial charge is 0.195 e. The standard InChI is InChI=1S/C11H20N4OS/c1-14(7-8-16-2)5-6-15-10(9-3-4-9)12-13-11(15)17/h9H,3-8H2,1-2H3,(H,13,17). The molecule has 0 aliphatic heterocycles. The van der Waals surface area contributed by atoms with Crippen molar-refractivity contribution in [3.8, 4) is 0 Å². The second-order valence-corrected chi connectivity index (χ2v) is 5.00. The predicted octanol–water partition coefficient (Wildman–Crippen LogP) is 1.40. The fraction of sp³-hybridized carbons (Fsp3) is 0.818. The Morgan fingerprint density at radius 2 is 2.29 bits per heavy atom. The highest BCUT2D eigenvalue weighted by Gasteiger charge is 2.28. The molecule has 0 unspecified atom stereocenters. The lowest BCUT2D eigenvalue weighted by Crippen LogP contribution is -2.27. The number of ether oxygens (including phenoxy) is 1. The second-order valence-electron chi connectivity index (χ2n) is 4.61. The average molecular weight is 256 g/mol. The molecular formula is C11H20N4OS. The van der Waals surface area contributed by atoms with Crippen LogP contribution in [0.4, 0.5) is 0 Å². The highest BCUT2D eigenvalue weighted by atomic mass is 32.1. The van der Waals surface area contributed by atoms with Gasteiger partial charge >= 0.3 is 0 Å². The number of nitrogens with one attached hydrogen (secondary N) is 1. The Balaban J connectivity index is 1.89. The summed E-state index contributed by atoms with van der Waals surface area (Å²) in [4.78, 5) is 2.24. The van der Waals surface area contributed by atoms with Crippen LogP contribution in [0, 0.1) is 4.77 Å². The Kier molecular flexibility index (Phi) is 4.31. The number of rotatable bonds is 7. The van der Waals surface area contributed by atoms with Crippen LogP contribution in [0.2, 0.25) is 0 Å². The Labute approximate surface area is 107 Å². The summed E-state index contributed by atoms with van der Waals surface area (Å²) in [6.07, 6.45) is 2.50. The van der Waals surface area contributed by atoms with Gasteiger partial charge in [0.05, 0.1) is 6.61 Å². The van der Waals surface area contributed by atoms with Crippen LogP contribution >= 0.6 is 12.2 Å². The molecule has 1 aromatic heterocycles. The molecule has 0 atom stereocenters. The van der Waals surface area contributed by atoms with Gasteiger partial charge in [-0.05, 0) is 32.1 Å². The van der Waals surface area contributed by atoms with E-state index in [9.17, 15) is 0 Å². The quantitative estimate of drug-likeness (QED) is 0.749. The lowest BCUT2D eigenvalue weighted by atomic mass is 10.4. The highest BCUT2D eigenvalue weighted by molar-refractivity contribution is 7.71. The van der Waals surface area contributed by atoms with E-state index in [2.05, 4.69) is 26.7 Å². The highest BCUT2D eigenvalue weighted by Crippen LogP contribution is 2.38. The molecule has 0 amide bonds. The van der Waals surface area contributed by atoms with Gasteiger partial charge in [0.1, 0.15) is 5.82 Å². The van der Waals surface area contributed by atoms with Crippen LogP contribution in [0.1, 0.15) is 24.6 Å². The molecule has 0 bridgehead atoms. The van der Waals surface area contributed by atoms with Gasteiger partial charge in [-0.2, -0.15) is 5.10 Å². The summed E-state index contributed by atoms with van der Waals surface area (Å²) < 4.78 is 7.94. The number of likely N-dealkylation sites (N-methyl/N-ethyl adjacent to an activating group) is 1. The Morgan fingerprint density at radius 1 is 1.53 bits per heavy atom. The zero-order chi connectivity index (χ0) is 12.3. The van der Waals surface area contributed by atoms with E-state index in [-0.39, 0.29) is 0 Å². The molecule has 5 nitrogen and oxygen atoms in total. The number of hydrogen-bond donors (Lipinski definition) is 1. The van der Waals surface area contributed by atoms with Gasteiger partial charge in [-0.15, -0.1) is 0 Å². The van der Waals surface area contributed by atoms with Crippen molar-refractivity contribution in [1.29, 1.82) is 0 Å². The minimum absolute atomic E-state index is 0.632. The molecule has 0 saturated heterocycles. The van der Waals surface area contributed by atoms with Gasteiger partial charge < -0.3 is 14.2 Å². The van der Waals surface area contributed by atoms with E-state index >= 15 is 0 Å². The van der Waals surface area contributed by atoms with E-state index in [4.69, 9.17) is 17.0 Å². The second kappa shape index (κ2) is 5.75. The number of aromatic nitrogens is 3. The fourth-order valence-electron chi connectivity index (χ4n) is 1.83. The van der Waals surface area contributed by atoms with Gasteiger partial charge in [0.2, 0.25) is 0 Å². The molecule has 1 heterocycles. The van der Waals surface area contributed by atoms with E-state index in [1.165, 1.54) is 12.8 Å². The van der Waals surface area contributed by atoms with E-state index in [1.807, 2.05) is 0 Å². The van der Waals surface area contributed by atoms with Gasteiger partial charge in [-0.1, -0.05) is 0 Å². The lowest BCUT2D eigenvalue weighted by molar-refractivity contribution is 0.159. The van der Waals surface area contributed by atoms with Crippen molar-refractivity contribution in [3.05, 3.63) is 10.6 Å². The number of methoxy groups -OCH3 is 1. The molecule has 0 radical (unpaired) electrons. The maximum Gasteiger partial charge on any atom is 0.195 e. The lowest BCUT2D eigenvalue weighted by Gasteiger charge is -2.16. The van der Waals surface area contributed by atoms with Crippen molar-refractivity contribution < 1.29 is 4.74 Å². The Bertz CT molecular complexity index is 410. The van der Waals surface area contributed by atoms with Gasteiger partial charge in [-0.25, -0.2) is 0 Å². The van der Waals surface area contributed by atoms with E-state index < -0.39 is 0 Å². The third kappa shape index (κ3) is 3.37. The number of H-pyrrole nitrogens is 1. The van der Waals surface area contributed by atoms with Crippen LogP contribution in [0.15, 0.2) is 0 Å². The summed E-state index contributed by atoms with van der Waals surface area (Å²) in [6, 6.07) is 0. The summed E-state index contributed by atoms with van der Waals surface area (Å²) in [5.41, 5.74) is 0. The van der Waals surface area contributed by atoms with Crippen LogP contribution in [0.5, 0.6) is 0 Å². The first kappa shape index (κ1) is 12.7. The summed E-state index contributed by atoms with van der Waals surface area (Å²) in [7, 11) is 3.82. The normalized spacial score (nSPS) is 15.7. The van der Waals surface area contributed by atoms with Gasteiger partial charge in [-0.3, -0.25) is 5.10 Å². The summed E-state index contributed by atoms with van der Waals surface area (Å²) >= 11 is 5.26. The molecule has 1 aliphatic rings. The molecule has 2 rings (SSSR count). The van der Waals surface area contributed by atoms with Crippen LogP contribution < -0.4 is 0 Å². The van der Waals surface area contributed by atoms with E-state index in [1.54, 1.807) is 7.11 Å². The molecule has 0 aromatic carbocycles. The molecule has 1 N–H and O–H groups in total. The number of nitrogens with zero attached hydrogens (tertiary/aromatic N) is 3. The van der Waals surface area contributed by atoms with Crippen molar-refractivity contribution in [2.24, 2.45) is 0 Å². The molecule has 17 heavy (non-hydrogen) atoms. The number of aromatic amines is 1. The van der Waals surface area contributed by atoms with Crippen LogP contribution in [0.3, 0.4) is 0 Å². The number of hydrogen-bond acceptors (Lipinski definition) is 4. The van der Waals surface area contributed by atoms with Gasteiger partial charge in [0.25, 0.3) is 0 Å².